The van der Waals surface area contributed by atoms with Crippen molar-refractivity contribution >= 4 is 17.5 Å². The Kier molecular flexibility index (Phi) is 5.90. The second kappa shape index (κ2) is 8.60. The Balaban J connectivity index is 1.32. The van der Waals surface area contributed by atoms with Gasteiger partial charge in [0, 0.05) is 6.07 Å². The van der Waals surface area contributed by atoms with Crippen molar-refractivity contribution in [3.05, 3.63) is 65.5 Å². The van der Waals surface area contributed by atoms with Crippen molar-refractivity contribution in [2.45, 2.75) is 38.1 Å². The van der Waals surface area contributed by atoms with Gasteiger partial charge in [-0.25, -0.2) is 18.1 Å². The van der Waals surface area contributed by atoms with Crippen LogP contribution < -0.4 is 4.90 Å². The highest BCUT2D eigenvalue weighted by atomic mass is 19.1. The third-order valence-electron chi connectivity index (χ3n) is 6.06. The number of halogens is 3. The van der Waals surface area contributed by atoms with E-state index in [-0.39, 0.29) is 18.2 Å². The zero-order valence-corrected chi connectivity index (χ0v) is 16.5. The number of hydrogen-bond acceptors (Lipinski definition) is 3. The number of anilines is 1. The van der Waals surface area contributed by atoms with Gasteiger partial charge in [-0.3, -0.25) is 14.5 Å². The molecule has 2 aliphatic heterocycles. The fourth-order valence-corrected chi connectivity index (χ4v) is 4.44. The van der Waals surface area contributed by atoms with Crippen LogP contribution in [0.5, 0.6) is 0 Å². The average molecular weight is 416 g/mol. The maximum atomic E-state index is 13.3. The lowest BCUT2D eigenvalue weighted by atomic mass is 9.90. The first kappa shape index (κ1) is 20.6. The molecule has 2 aromatic carbocycles. The van der Waals surface area contributed by atoms with E-state index >= 15 is 0 Å². The van der Waals surface area contributed by atoms with E-state index in [4.69, 9.17) is 0 Å². The maximum Gasteiger partial charge on any atom is 0.251 e. The molecule has 4 rings (SSSR count). The Bertz CT molecular complexity index is 920. The zero-order valence-electron chi connectivity index (χ0n) is 16.5. The summed E-state index contributed by atoms with van der Waals surface area (Å²) < 4.78 is 39.8. The van der Waals surface area contributed by atoms with Crippen LogP contribution in [0.4, 0.5) is 18.9 Å². The van der Waals surface area contributed by atoms with E-state index in [0.29, 0.717) is 36.7 Å². The number of hydrogen-bond donors (Lipinski definition) is 0. The summed E-state index contributed by atoms with van der Waals surface area (Å²) in [4.78, 5) is 28.5. The zero-order chi connectivity index (χ0) is 21.3. The lowest BCUT2D eigenvalue weighted by molar-refractivity contribution is -0.123. The summed E-state index contributed by atoms with van der Waals surface area (Å²) in [6.45, 7) is 1.40. The summed E-state index contributed by atoms with van der Waals surface area (Å²) in [7, 11) is 0. The van der Waals surface area contributed by atoms with Crippen LogP contribution in [0.3, 0.4) is 0 Å². The molecule has 158 valence electrons. The minimum Gasteiger partial charge on any atom is -0.292 e. The number of likely N-dealkylation sites (tertiary alicyclic amines) is 1. The molecule has 2 amide bonds. The summed E-state index contributed by atoms with van der Waals surface area (Å²) in [5.74, 6) is -1.66. The largest absolute Gasteiger partial charge is 0.292 e. The molecule has 30 heavy (non-hydrogen) atoms. The first-order valence-corrected chi connectivity index (χ1v) is 10.2. The fraction of sp³-hybridized carbons (Fsp3) is 0.391. The van der Waals surface area contributed by atoms with Gasteiger partial charge in [-0.05, 0) is 86.7 Å². The van der Waals surface area contributed by atoms with Gasteiger partial charge in [-0.15, -0.1) is 0 Å². The van der Waals surface area contributed by atoms with E-state index in [1.165, 1.54) is 36.4 Å². The Labute approximate surface area is 173 Å². The smallest absolute Gasteiger partial charge is 0.251 e. The number of nitrogens with zero attached hydrogens (tertiary/aromatic N) is 2. The van der Waals surface area contributed by atoms with E-state index in [0.717, 1.165) is 30.2 Å². The van der Waals surface area contributed by atoms with Crippen LogP contribution in [0.2, 0.25) is 0 Å². The lowest BCUT2D eigenvalue weighted by Crippen LogP contribution is -2.46. The van der Waals surface area contributed by atoms with Gasteiger partial charge >= 0.3 is 0 Å². The number of imide groups is 1. The quantitative estimate of drug-likeness (QED) is 0.690. The van der Waals surface area contributed by atoms with Crippen LogP contribution in [0, 0.1) is 23.4 Å². The Hall–Kier alpha value is -2.67. The van der Waals surface area contributed by atoms with Crippen LogP contribution >= 0.6 is 0 Å². The molecule has 4 nitrogen and oxygen atoms in total. The number of carbonyl (C=O) groups excluding carboxylic acids is 2. The van der Waals surface area contributed by atoms with Crippen LogP contribution in [-0.2, 0) is 16.0 Å². The Morgan fingerprint density at radius 1 is 0.867 bits per heavy atom. The van der Waals surface area contributed by atoms with Crippen molar-refractivity contribution in [1.82, 2.24) is 4.90 Å². The van der Waals surface area contributed by atoms with E-state index in [2.05, 4.69) is 0 Å². The maximum absolute atomic E-state index is 13.3. The molecule has 0 N–H and O–H groups in total. The molecule has 0 aromatic heterocycles. The number of rotatable bonds is 5. The van der Waals surface area contributed by atoms with Gasteiger partial charge in [0.25, 0.3) is 5.91 Å². The predicted molar refractivity (Wildman–Crippen MR) is 106 cm³/mol. The van der Waals surface area contributed by atoms with E-state index in [1.807, 2.05) is 4.90 Å². The third kappa shape index (κ3) is 4.41. The third-order valence-corrected chi connectivity index (χ3v) is 6.06. The van der Waals surface area contributed by atoms with Gasteiger partial charge in [-0.1, -0.05) is 0 Å². The second-order valence-electron chi connectivity index (χ2n) is 8.06. The predicted octanol–water partition coefficient (Wildman–Crippen LogP) is 4.08. The summed E-state index contributed by atoms with van der Waals surface area (Å²) in [6.07, 6.45) is 3.30. The summed E-state index contributed by atoms with van der Waals surface area (Å²) >= 11 is 0. The molecular formula is C23H23F3N2O2. The van der Waals surface area contributed by atoms with Crippen molar-refractivity contribution in [3.63, 3.8) is 0 Å². The van der Waals surface area contributed by atoms with Crippen LogP contribution in [0.15, 0.2) is 42.5 Å². The van der Waals surface area contributed by atoms with Crippen molar-refractivity contribution in [2.24, 2.45) is 5.92 Å². The van der Waals surface area contributed by atoms with Gasteiger partial charge in [0.1, 0.15) is 17.5 Å². The Morgan fingerprint density at radius 2 is 1.50 bits per heavy atom. The van der Waals surface area contributed by atoms with E-state index < -0.39 is 23.5 Å². The van der Waals surface area contributed by atoms with Crippen LogP contribution in [0.1, 0.15) is 31.2 Å². The fourth-order valence-electron chi connectivity index (χ4n) is 4.44. The standard InChI is InChI=1S/C23H23F3N2O2/c24-17-3-5-20(6-4-17)28-22(29)14-21(23(28)30)27-9-7-15(8-10-27)1-2-16-11-18(25)13-19(26)12-16/h3-6,11-13,15,21H,1-2,7-10,14H2/t21-/m1/s1. The van der Waals surface area contributed by atoms with Crippen molar-refractivity contribution in [2.75, 3.05) is 18.0 Å². The molecule has 0 aliphatic carbocycles. The van der Waals surface area contributed by atoms with Crippen LogP contribution in [0.25, 0.3) is 0 Å². The molecule has 0 bridgehead atoms. The van der Waals surface area contributed by atoms with Gasteiger partial charge in [0.05, 0.1) is 18.2 Å². The normalized spacial score (nSPS) is 20.9. The lowest BCUT2D eigenvalue weighted by Gasteiger charge is -2.34. The first-order chi connectivity index (χ1) is 14.4. The summed E-state index contributed by atoms with van der Waals surface area (Å²) in [6, 6.07) is 8.47. The highest BCUT2D eigenvalue weighted by molar-refractivity contribution is 6.22. The van der Waals surface area contributed by atoms with Gasteiger partial charge in [0.15, 0.2) is 0 Å². The number of carbonyl (C=O) groups is 2. The highest BCUT2D eigenvalue weighted by Crippen LogP contribution is 2.30. The van der Waals surface area contributed by atoms with Crippen LogP contribution in [-0.4, -0.2) is 35.8 Å². The minimum atomic E-state index is -0.560. The molecule has 0 saturated carbocycles. The SMILES string of the molecule is O=C1C[C@@H](N2CCC(CCc3cc(F)cc(F)c3)CC2)C(=O)N1c1ccc(F)cc1. The minimum absolute atomic E-state index is 0.128. The summed E-state index contributed by atoms with van der Waals surface area (Å²) in [5, 5.41) is 0. The molecule has 0 radical (unpaired) electrons. The number of benzene rings is 2. The molecule has 2 aromatic rings. The first-order valence-electron chi connectivity index (χ1n) is 10.2. The molecule has 2 aliphatic rings. The van der Waals surface area contributed by atoms with Crippen molar-refractivity contribution < 1.29 is 22.8 Å². The molecular weight excluding hydrogens is 393 g/mol. The van der Waals surface area contributed by atoms with Crippen molar-refractivity contribution in [3.8, 4) is 0 Å². The number of aryl methyl sites for hydroxylation is 1. The van der Waals surface area contributed by atoms with Gasteiger partial charge < -0.3 is 0 Å². The van der Waals surface area contributed by atoms with Gasteiger partial charge in [0.2, 0.25) is 5.91 Å². The molecule has 0 spiro atoms. The second-order valence-corrected chi connectivity index (χ2v) is 8.06. The number of piperidine rings is 1. The molecule has 2 fully saturated rings. The monoisotopic (exact) mass is 416 g/mol. The molecule has 0 unspecified atom stereocenters. The van der Waals surface area contributed by atoms with Gasteiger partial charge in [-0.2, -0.15) is 0 Å². The van der Waals surface area contributed by atoms with E-state index in [1.54, 1.807) is 0 Å². The highest BCUT2D eigenvalue weighted by Gasteiger charge is 2.43. The number of amides is 2. The average Bonchev–Trinajstić information content (AvgIpc) is 3.01. The topological polar surface area (TPSA) is 40.6 Å². The Morgan fingerprint density at radius 3 is 2.13 bits per heavy atom. The molecule has 7 heteroatoms. The van der Waals surface area contributed by atoms with Crippen molar-refractivity contribution in [1.29, 1.82) is 0 Å². The molecule has 2 heterocycles. The molecule has 1 atom stereocenters. The molecule has 2 saturated heterocycles. The summed E-state index contributed by atoms with van der Waals surface area (Å²) in [5.41, 5.74) is 1.05. The van der Waals surface area contributed by atoms with E-state index in [9.17, 15) is 22.8 Å².